The fourth-order valence-electron chi connectivity index (χ4n) is 2.08. The molecule has 0 fully saturated rings. The van der Waals surface area contributed by atoms with Gasteiger partial charge >= 0.3 is 0 Å². The van der Waals surface area contributed by atoms with Crippen molar-refractivity contribution >= 4 is 27.7 Å². The van der Waals surface area contributed by atoms with Gasteiger partial charge in [0.1, 0.15) is 11.9 Å². The Morgan fingerprint density at radius 1 is 1.20 bits per heavy atom. The average molecular weight is 353 g/mol. The van der Waals surface area contributed by atoms with Gasteiger partial charge in [0.2, 0.25) is 0 Å². The molecule has 0 amide bonds. The zero-order valence-electron chi connectivity index (χ0n) is 11.5. The van der Waals surface area contributed by atoms with Crippen LogP contribution in [0.3, 0.4) is 0 Å². The van der Waals surface area contributed by atoms with Crippen molar-refractivity contribution in [2.75, 3.05) is 12.9 Å². The molecule has 0 spiro atoms. The molecule has 1 N–H and O–H groups in total. The number of benzene rings is 2. The van der Waals surface area contributed by atoms with E-state index in [-0.39, 0.29) is 0 Å². The van der Waals surface area contributed by atoms with Gasteiger partial charge in [-0.1, -0.05) is 34.1 Å². The van der Waals surface area contributed by atoms with Crippen molar-refractivity contribution in [2.24, 2.45) is 0 Å². The zero-order chi connectivity index (χ0) is 14.5. The number of hydrogen-bond acceptors (Lipinski definition) is 3. The summed E-state index contributed by atoms with van der Waals surface area (Å²) in [5.74, 6) is 0.721. The van der Waals surface area contributed by atoms with Crippen molar-refractivity contribution in [2.45, 2.75) is 17.9 Å². The maximum absolute atomic E-state index is 10.7. The van der Waals surface area contributed by atoms with Crippen LogP contribution in [-0.2, 0) is 0 Å². The fraction of sp³-hybridized carbons (Fsp3) is 0.250. The summed E-state index contributed by atoms with van der Waals surface area (Å²) in [7, 11) is 0. The molecular formula is C16H17BrO2S. The van der Waals surface area contributed by atoms with Gasteiger partial charge in [0.05, 0.1) is 6.61 Å². The highest BCUT2D eigenvalue weighted by Crippen LogP contribution is 2.36. The van der Waals surface area contributed by atoms with E-state index < -0.39 is 6.10 Å². The molecule has 0 aliphatic heterocycles. The van der Waals surface area contributed by atoms with E-state index in [1.54, 1.807) is 11.8 Å². The maximum Gasteiger partial charge on any atom is 0.125 e. The lowest BCUT2D eigenvalue weighted by Gasteiger charge is -2.18. The largest absolute Gasteiger partial charge is 0.493 e. The molecule has 0 aromatic heterocycles. The molecule has 106 valence electrons. The summed E-state index contributed by atoms with van der Waals surface area (Å²) in [5.41, 5.74) is 1.68. The molecule has 0 saturated heterocycles. The Balaban J connectivity index is 2.46. The molecule has 0 aliphatic carbocycles. The van der Waals surface area contributed by atoms with Gasteiger partial charge in [0, 0.05) is 14.9 Å². The first kappa shape index (κ1) is 15.4. The average Bonchev–Trinajstić information content (AvgIpc) is 2.48. The Morgan fingerprint density at radius 3 is 2.65 bits per heavy atom. The lowest BCUT2D eigenvalue weighted by Crippen LogP contribution is -2.05. The molecule has 0 saturated carbocycles. The molecule has 2 rings (SSSR count). The number of rotatable bonds is 5. The van der Waals surface area contributed by atoms with E-state index in [0.717, 1.165) is 26.2 Å². The minimum atomic E-state index is -0.697. The van der Waals surface area contributed by atoms with Crippen LogP contribution in [0.25, 0.3) is 0 Å². The first-order valence-electron chi connectivity index (χ1n) is 6.40. The summed E-state index contributed by atoms with van der Waals surface area (Å²) < 4.78 is 6.55. The smallest absolute Gasteiger partial charge is 0.125 e. The molecule has 2 aromatic rings. The van der Waals surface area contributed by atoms with Crippen molar-refractivity contribution < 1.29 is 9.84 Å². The van der Waals surface area contributed by atoms with E-state index in [0.29, 0.717) is 6.61 Å². The number of halogens is 1. The van der Waals surface area contributed by atoms with Crippen LogP contribution in [0, 0.1) is 0 Å². The highest BCUT2D eigenvalue weighted by Gasteiger charge is 2.18. The summed E-state index contributed by atoms with van der Waals surface area (Å²) in [6.07, 6.45) is 1.31. The lowest BCUT2D eigenvalue weighted by atomic mass is 10.0. The van der Waals surface area contributed by atoms with Gasteiger partial charge in [0.15, 0.2) is 0 Å². The van der Waals surface area contributed by atoms with Crippen molar-refractivity contribution in [1.29, 1.82) is 0 Å². The Kier molecular flexibility index (Phi) is 5.52. The van der Waals surface area contributed by atoms with Crippen molar-refractivity contribution in [3.05, 3.63) is 58.1 Å². The summed E-state index contributed by atoms with van der Waals surface area (Å²) in [4.78, 5) is 1.07. The van der Waals surface area contributed by atoms with Gasteiger partial charge in [-0.3, -0.25) is 0 Å². The highest BCUT2D eigenvalue weighted by atomic mass is 79.9. The molecule has 2 nitrogen and oxygen atoms in total. The Bertz CT molecular complexity index is 586. The minimum Gasteiger partial charge on any atom is -0.493 e. The molecule has 0 aliphatic rings. The third-order valence-electron chi connectivity index (χ3n) is 3.00. The molecule has 0 bridgehead atoms. The lowest BCUT2D eigenvalue weighted by molar-refractivity contribution is 0.209. The molecule has 0 radical (unpaired) electrons. The Hall–Kier alpha value is -0.970. The second-order valence-electron chi connectivity index (χ2n) is 4.26. The molecular weight excluding hydrogens is 336 g/mol. The van der Waals surface area contributed by atoms with E-state index in [1.807, 2.05) is 55.6 Å². The third-order valence-corrected chi connectivity index (χ3v) is 4.30. The van der Waals surface area contributed by atoms with Crippen molar-refractivity contribution in [3.8, 4) is 5.75 Å². The van der Waals surface area contributed by atoms with Crippen molar-refractivity contribution in [1.82, 2.24) is 0 Å². The van der Waals surface area contributed by atoms with Gasteiger partial charge in [-0.15, -0.1) is 11.8 Å². The summed E-state index contributed by atoms with van der Waals surface area (Å²) in [5, 5.41) is 10.7. The second kappa shape index (κ2) is 7.16. The van der Waals surface area contributed by atoms with Gasteiger partial charge in [-0.25, -0.2) is 0 Å². The predicted molar refractivity (Wildman–Crippen MR) is 87.6 cm³/mol. The van der Waals surface area contributed by atoms with Crippen LogP contribution in [0.4, 0.5) is 0 Å². The summed E-state index contributed by atoms with van der Waals surface area (Å²) in [6, 6.07) is 13.6. The molecule has 20 heavy (non-hydrogen) atoms. The van der Waals surface area contributed by atoms with Crippen molar-refractivity contribution in [3.63, 3.8) is 0 Å². The van der Waals surface area contributed by atoms with Crippen LogP contribution in [0.1, 0.15) is 24.2 Å². The number of aliphatic hydroxyl groups is 1. The number of aliphatic hydroxyl groups excluding tert-OH is 1. The van der Waals surface area contributed by atoms with Crippen LogP contribution in [0.5, 0.6) is 5.75 Å². The Labute approximate surface area is 132 Å². The van der Waals surface area contributed by atoms with E-state index in [1.165, 1.54) is 0 Å². The van der Waals surface area contributed by atoms with Gasteiger partial charge in [0.25, 0.3) is 0 Å². The quantitative estimate of drug-likeness (QED) is 0.794. The van der Waals surface area contributed by atoms with Crippen LogP contribution in [0.15, 0.2) is 51.8 Å². The monoisotopic (exact) mass is 352 g/mol. The molecule has 2 aromatic carbocycles. The van der Waals surface area contributed by atoms with Crippen LogP contribution < -0.4 is 4.74 Å². The number of hydrogen-bond donors (Lipinski definition) is 1. The maximum atomic E-state index is 10.7. The summed E-state index contributed by atoms with van der Waals surface area (Å²) >= 11 is 5.08. The third kappa shape index (κ3) is 3.37. The molecule has 0 heterocycles. The summed E-state index contributed by atoms with van der Waals surface area (Å²) in [6.45, 7) is 2.51. The normalized spacial score (nSPS) is 12.2. The minimum absolute atomic E-state index is 0.575. The zero-order valence-corrected chi connectivity index (χ0v) is 13.9. The highest BCUT2D eigenvalue weighted by molar-refractivity contribution is 9.10. The molecule has 4 heteroatoms. The van der Waals surface area contributed by atoms with Crippen LogP contribution in [0.2, 0.25) is 0 Å². The fourth-order valence-corrected chi connectivity index (χ4v) is 3.09. The van der Waals surface area contributed by atoms with E-state index in [2.05, 4.69) is 15.9 Å². The molecule has 1 unspecified atom stereocenters. The van der Waals surface area contributed by atoms with E-state index in [9.17, 15) is 5.11 Å². The molecule has 1 atom stereocenters. The topological polar surface area (TPSA) is 29.5 Å². The van der Waals surface area contributed by atoms with Crippen LogP contribution in [-0.4, -0.2) is 18.0 Å². The van der Waals surface area contributed by atoms with E-state index >= 15 is 0 Å². The number of ether oxygens (including phenoxy) is 1. The van der Waals surface area contributed by atoms with Gasteiger partial charge in [-0.05, 0) is 43.0 Å². The predicted octanol–water partition coefficient (Wildman–Crippen LogP) is 4.65. The SMILES string of the molecule is CCOc1ccc(Br)cc1C(O)c1ccccc1SC. The van der Waals surface area contributed by atoms with Gasteiger partial charge in [-0.2, -0.15) is 0 Å². The standard InChI is InChI=1S/C16H17BrO2S/c1-3-19-14-9-8-11(17)10-13(14)16(18)12-6-4-5-7-15(12)20-2/h4-10,16,18H,3H2,1-2H3. The number of thioether (sulfide) groups is 1. The van der Waals surface area contributed by atoms with Crippen LogP contribution >= 0.6 is 27.7 Å². The Morgan fingerprint density at radius 2 is 1.95 bits per heavy atom. The van der Waals surface area contributed by atoms with E-state index in [4.69, 9.17) is 4.74 Å². The first-order chi connectivity index (χ1) is 9.67. The second-order valence-corrected chi connectivity index (χ2v) is 6.02. The van der Waals surface area contributed by atoms with Gasteiger partial charge < -0.3 is 9.84 Å². The first-order valence-corrected chi connectivity index (χ1v) is 8.42.